The number of methoxy groups -OCH3 is 1. The highest BCUT2D eigenvalue weighted by Gasteiger charge is 2.33. The van der Waals surface area contributed by atoms with E-state index in [2.05, 4.69) is 20.4 Å². The van der Waals surface area contributed by atoms with Crippen molar-refractivity contribution in [3.8, 4) is 23.0 Å². The number of nitrogens with one attached hydrogen (secondary N) is 1. The molecule has 1 aliphatic rings. The first kappa shape index (κ1) is 21.5. The molecular formula is C23H25N5O4. The lowest BCUT2D eigenvalue weighted by Gasteiger charge is -2.11. The van der Waals surface area contributed by atoms with Crippen LogP contribution < -0.4 is 10.1 Å². The topological polar surface area (TPSA) is 108 Å². The fraction of sp³-hybridized carbons (Fsp3) is 0.348. The van der Waals surface area contributed by atoms with E-state index in [1.54, 1.807) is 24.9 Å². The second kappa shape index (κ2) is 9.59. The zero-order chi connectivity index (χ0) is 22.5. The lowest BCUT2D eigenvalue weighted by Crippen LogP contribution is -2.27. The molecule has 1 aliphatic carbocycles. The van der Waals surface area contributed by atoms with Crippen molar-refractivity contribution < 1.29 is 19.1 Å². The van der Waals surface area contributed by atoms with E-state index < -0.39 is 0 Å². The third-order valence-electron chi connectivity index (χ3n) is 5.15. The van der Waals surface area contributed by atoms with Crippen molar-refractivity contribution >= 4 is 11.9 Å². The Kier molecular flexibility index (Phi) is 6.44. The Bertz CT molecular complexity index is 1120. The van der Waals surface area contributed by atoms with Crippen LogP contribution in [0.5, 0.6) is 5.75 Å². The predicted octanol–water partition coefficient (Wildman–Crippen LogP) is 2.90. The molecule has 0 unspecified atom stereocenters. The van der Waals surface area contributed by atoms with Gasteiger partial charge in [-0.15, -0.1) is 0 Å². The summed E-state index contributed by atoms with van der Waals surface area (Å²) in [5.74, 6) is 0.709. The molecule has 3 aromatic rings. The fourth-order valence-electron chi connectivity index (χ4n) is 3.51. The van der Waals surface area contributed by atoms with Gasteiger partial charge in [-0.05, 0) is 38.0 Å². The van der Waals surface area contributed by atoms with Crippen LogP contribution >= 0.6 is 0 Å². The van der Waals surface area contributed by atoms with Gasteiger partial charge in [-0.3, -0.25) is 9.59 Å². The number of para-hydroxylation sites is 1. The number of carbonyl (C=O) groups is 2. The van der Waals surface area contributed by atoms with Crippen molar-refractivity contribution in [1.82, 2.24) is 25.1 Å². The van der Waals surface area contributed by atoms with Gasteiger partial charge >= 0.3 is 5.97 Å². The third kappa shape index (κ3) is 4.61. The van der Waals surface area contributed by atoms with Gasteiger partial charge in [-0.2, -0.15) is 5.10 Å². The molecule has 0 atom stereocenters. The van der Waals surface area contributed by atoms with Crippen molar-refractivity contribution in [1.29, 1.82) is 0 Å². The monoisotopic (exact) mass is 435 g/mol. The van der Waals surface area contributed by atoms with Gasteiger partial charge in [-0.25, -0.2) is 14.6 Å². The lowest BCUT2D eigenvalue weighted by atomic mass is 10.1. The van der Waals surface area contributed by atoms with E-state index >= 15 is 0 Å². The van der Waals surface area contributed by atoms with Crippen LogP contribution in [0.25, 0.3) is 17.2 Å². The van der Waals surface area contributed by atoms with Gasteiger partial charge in [-0.1, -0.05) is 12.1 Å². The molecule has 1 aromatic carbocycles. The summed E-state index contributed by atoms with van der Waals surface area (Å²) < 4.78 is 12.0. The molecule has 1 amide bonds. The van der Waals surface area contributed by atoms with Crippen molar-refractivity contribution in [2.45, 2.75) is 32.1 Å². The highest BCUT2D eigenvalue weighted by Crippen LogP contribution is 2.42. The SMILES string of the molecule is CCOC(=O)CCNC(=O)c1cnn(-c2nccc(-c3ccccc3OC)n2)c1C1CC1. The number of esters is 1. The number of hydrogen-bond acceptors (Lipinski definition) is 7. The first-order chi connectivity index (χ1) is 15.6. The first-order valence-electron chi connectivity index (χ1n) is 10.6. The van der Waals surface area contributed by atoms with Gasteiger partial charge in [0.25, 0.3) is 11.9 Å². The van der Waals surface area contributed by atoms with Crippen LogP contribution in [0.3, 0.4) is 0 Å². The Morgan fingerprint density at radius 2 is 2.03 bits per heavy atom. The predicted molar refractivity (Wildman–Crippen MR) is 117 cm³/mol. The lowest BCUT2D eigenvalue weighted by molar-refractivity contribution is -0.142. The van der Waals surface area contributed by atoms with Crippen LogP contribution in [0, 0.1) is 0 Å². The first-order valence-corrected chi connectivity index (χ1v) is 10.6. The molecule has 0 aliphatic heterocycles. The summed E-state index contributed by atoms with van der Waals surface area (Å²) >= 11 is 0. The highest BCUT2D eigenvalue weighted by atomic mass is 16.5. The van der Waals surface area contributed by atoms with Gasteiger partial charge in [0.05, 0.1) is 43.3 Å². The molecule has 0 bridgehead atoms. The standard InChI is InChI=1S/C23H25N5O4/c1-3-32-20(29)11-13-24-22(30)17-14-26-28(21(17)15-8-9-15)23-25-12-10-18(27-23)16-6-4-5-7-19(16)31-2/h4-7,10,12,14-15H,3,8-9,11,13H2,1-2H3,(H,24,30). The van der Waals surface area contributed by atoms with Crippen LogP contribution in [0.4, 0.5) is 0 Å². The molecule has 0 spiro atoms. The van der Waals surface area contributed by atoms with Gasteiger partial charge < -0.3 is 14.8 Å². The maximum absolute atomic E-state index is 12.8. The molecule has 166 valence electrons. The summed E-state index contributed by atoms with van der Waals surface area (Å²) in [5.41, 5.74) is 2.80. The van der Waals surface area contributed by atoms with Gasteiger partial charge in [0.15, 0.2) is 0 Å². The summed E-state index contributed by atoms with van der Waals surface area (Å²) in [5, 5.41) is 7.20. The molecule has 1 fully saturated rings. The number of nitrogens with zero attached hydrogens (tertiary/aromatic N) is 4. The Hall–Kier alpha value is -3.75. The van der Waals surface area contributed by atoms with E-state index in [9.17, 15) is 9.59 Å². The Labute approximate surface area is 185 Å². The molecule has 2 aromatic heterocycles. The number of carbonyl (C=O) groups excluding carboxylic acids is 2. The van der Waals surface area contributed by atoms with Crippen LogP contribution in [0.1, 0.15) is 48.2 Å². The smallest absolute Gasteiger partial charge is 0.307 e. The molecular weight excluding hydrogens is 410 g/mol. The zero-order valence-corrected chi connectivity index (χ0v) is 18.1. The van der Waals surface area contributed by atoms with E-state index in [-0.39, 0.29) is 30.8 Å². The van der Waals surface area contributed by atoms with Crippen LogP contribution in [0.2, 0.25) is 0 Å². The van der Waals surface area contributed by atoms with Gasteiger partial charge in [0.2, 0.25) is 0 Å². The maximum atomic E-state index is 12.8. The van der Waals surface area contributed by atoms with E-state index in [1.807, 2.05) is 30.3 Å². The van der Waals surface area contributed by atoms with E-state index in [1.165, 1.54) is 6.20 Å². The molecule has 2 heterocycles. The summed E-state index contributed by atoms with van der Waals surface area (Å²) in [4.78, 5) is 33.4. The van der Waals surface area contributed by atoms with Crippen molar-refractivity contribution in [2.75, 3.05) is 20.3 Å². The molecule has 1 saturated carbocycles. The largest absolute Gasteiger partial charge is 0.496 e. The minimum Gasteiger partial charge on any atom is -0.496 e. The average molecular weight is 435 g/mol. The maximum Gasteiger partial charge on any atom is 0.307 e. The van der Waals surface area contributed by atoms with E-state index in [4.69, 9.17) is 9.47 Å². The van der Waals surface area contributed by atoms with Crippen molar-refractivity contribution in [3.63, 3.8) is 0 Å². The molecule has 9 heteroatoms. The number of benzene rings is 1. The normalized spacial score (nSPS) is 12.9. The van der Waals surface area contributed by atoms with Crippen molar-refractivity contribution in [3.05, 3.63) is 54.0 Å². The van der Waals surface area contributed by atoms with Crippen LogP contribution in [-0.2, 0) is 9.53 Å². The highest BCUT2D eigenvalue weighted by molar-refractivity contribution is 5.95. The molecule has 1 N–H and O–H groups in total. The molecule has 4 rings (SSSR count). The summed E-state index contributed by atoms with van der Waals surface area (Å²) in [7, 11) is 1.62. The van der Waals surface area contributed by atoms with Gasteiger partial charge in [0, 0.05) is 24.2 Å². The zero-order valence-electron chi connectivity index (χ0n) is 18.1. The number of amides is 1. The van der Waals surface area contributed by atoms with E-state index in [0.29, 0.717) is 29.6 Å². The fourth-order valence-corrected chi connectivity index (χ4v) is 3.51. The molecule has 0 radical (unpaired) electrons. The Balaban J connectivity index is 1.60. The number of ether oxygens (including phenoxy) is 2. The van der Waals surface area contributed by atoms with Crippen molar-refractivity contribution in [2.24, 2.45) is 0 Å². The summed E-state index contributed by atoms with van der Waals surface area (Å²) in [6, 6.07) is 9.43. The molecule has 0 saturated heterocycles. The molecule has 9 nitrogen and oxygen atoms in total. The summed E-state index contributed by atoms with van der Waals surface area (Å²) in [6.45, 7) is 2.27. The Morgan fingerprint density at radius 1 is 1.22 bits per heavy atom. The van der Waals surface area contributed by atoms with E-state index in [0.717, 1.165) is 24.1 Å². The Morgan fingerprint density at radius 3 is 2.78 bits per heavy atom. The number of rotatable bonds is 9. The average Bonchev–Trinajstić information content (AvgIpc) is 3.56. The minimum atomic E-state index is -0.340. The summed E-state index contributed by atoms with van der Waals surface area (Å²) in [6.07, 6.45) is 5.27. The second-order valence-electron chi connectivity index (χ2n) is 7.38. The quantitative estimate of drug-likeness (QED) is 0.515. The van der Waals surface area contributed by atoms with Crippen LogP contribution in [0.15, 0.2) is 42.7 Å². The number of aromatic nitrogens is 4. The van der Waals surface area contributed by atoms with Crippen LogP contribution in [-0.4, -0.2) is 51.9 Å². The third-order valence-corrected chi connectivity index (χ3v) is 5.15. The van der Waals surface area contributed by atoms with Gasteiger partial charge in [0.1, 0.15) is 5.75 Å². The molecule has 32 heavy (non-hydrogen) atoms. The number of hydrogen-bond donors (Lipinski definition) is 1. The second-order valence-corrected chi connectivity index (χ2v) is 7.38. The minimum absolute atomic E-state index is 0.122.